The highest BCUT2D eigenvalue weighted by Crippen LogP contribution is 2.17. The Balaban J connectivity index is 3.03. The molecule has 0 amide bonds. The average Bonchev–Trinajstić information content (AvgIpc) is 2.50. The van der Waals surface area contributed by atoms with E-state index in [0.29, 0.717) is 0 Å². The quantitative estimate of drug-likeness (QED) is 0.260. The predicted octanol–water partition coefficient (Wildman–Crippen LogP) is 5.84. The Kier molecular flexibility index (Phi) is 17.6. The molecule has 0 rings (SSSR count). The summed E-state index contributed by atoms with van der Waals surface area (Å²) in [4.78, 5) is 18.3. The number of hydrogen-bond acceptors (Lipinski definition) is 2. The maximum absolute atomic E-state index is 9.13. The third kappa shape index (κ3) is 16.5. The summed E-state index contributed by atoms with van der Waals surface area (Å²) >= 11 is 0. The van der Waals surface area contributed by atoms with E-state index in [2.05, 4.69) is 6.92 Å². The van der Waals surface area contributed by atoms with Crippen LogP contribution in [0.3, 0.4) is 0 Å². The lowest BCUT2D eigenvalue weighted by Crippen LogP contribution is -2.17. The van der Waals surface area contributed by atoms with Crippen LogP contribution in [0.5, 0.6) is 0 Å². The summed E-state index contributed by atoms with van der Waals surface area (Å²) in [6.45, 7) is 4.25. The Hall–Kier alpha value is 0.137. The van der Waals surface area contributed by atoms with E-state index in [4.69, 9.17) is 9.59 Å². The summed E-state index contributed by atoms with van der Waals surface area (Å²) in [6.07, 6.45) is 21.8. The Bertz CT molecular complexity index is 210. The lowest BCUT2D eigenvalue weighted by atomic mass is 10.0. The van der Waals surface area contributed by atoms with E-state index in [1.54, 1.807) is 0 Å². The summed E-state index contributed by atoms with van der Waals surface area (Å²) < 4.78 is 0. The van der Waals surface area contributed by atoms with Crippen LogP contribution in [0.2, 0.25) is 5.54 Å². The van der Waals surface area contributed by atoms with Gasteiger partial charge in [-0.15, -0.1) is 0 Å². The van der Waals surface area contributed by atoms with Gasteiger partial charge in [-0.2, -0.15) is 0 Å². The fraction of sp³-hybridized carbons (Fsp3) is 1.00. The fourth-order valence-electron chi connectivity index (χ4n) is 2.99. The minimum Gasteiger partial charge on any atom is -0.413 e. The van der Waals surface area contributed by atoms with Crippen molar-refractivity contribution < 1.29 is 9.59 Å². The molecule has 0 aromatic heterocycles. The minimum atomic E-state index is -2.36. The van der Waals surface area contributed by atoms with E-state index in [1.807, 2.05) is 6.92 Å². The molecule has 0 aromatic carbocycles. The van der Waals surface area contributed by atoms with E-state index in [0.717, 1.165) is 6.42 Å². The van der Waals surface area contributed by atoms with Gasteiger partial charge >= 0.3 is 9.28 Å². The first-order valence-electron chi connectivity index (χ1n) is 10.0. The van der Waals surface area contributed by atoms with Gasteiger partial charge in [-0.05, 0) is 12.0 Å². The van der Waals surface area contributed by atoms with Crippen molar-refractivity contribution in [3.05, 3.63) is 0 Å². The van der Waals surface area contributed by atoms with Crippen molar-refractivity contribution in [2.75, 3.05) is 0 Å². The number of unbranched alkanes of at least 4 members (excludes halogenated alkanes) is 14. The number of hydrogen-bond donors (Lipinski definition) is 2. The van der Waals surface area contributed by atoms with Crippen LogP contribution in [-0.2, 0) is 0 Å². The molecule has 0 saturated carbocycles. The van der Waals surface area contributed by atoms with E-state index in [-0.39, 0.29) is 5.54 Å². The first-order valence-corrected chi connectivity index (χ1v) is 11.7. The molecule has 22 heavy (non-hydrogen) atoms. The summed E-state index contributed by atoms with van der Waals surface area (Å²) in [6, 6.07) is 0. The zero-order valence-electron chi connectivity index (χ0n) is 15.4. The van der Waals surface area contributed by atoms with Crippen LogP contribution >= 0.6 is 0 Å². The van der Waals surface area contributed by atoms with Crippen LogP contribution in [0.15, 0.2) is 0 Å². The molecular weight excluding hydrogens is 288 g/mol. The maximum Gasteiger partial charge on any atom is 0.318 e. The SMILES string of the molecule is CCCCCCCCCCCCCCCCCC(C)[SiH](O)O. The van der Waals surface area contributed by atoms with Gasteiger partial charge in [0.1, 0.15) is 0 Å². The topological polar surface area (TPSA) is 40.5 Å². The van der Waals surface area contributed by atoms with Crippen LogP contribution < -0.4 is 0 Å². The largest absolute Gasteiger partial charge is 0.413 e. The molecule has 1 unspecified atom stereocenters. The van der Waals surface area contributed by atoms with Crippen LogP contribution in [0.1, 0.15) is 117 Å². The fourth-order valence-corrected chi connectivity index (χ4v) is 3.52. The lowest BCUT2D eigenvalue weighted by Gasteiger charge is -2.10. The molecule has 0 fully saturated rings. The Morgan fingerprint density at radius 3 is 1.23 bits per heavy atom. The van der Waals surface area contributed by atoms with Crippen LogP contribution in [0.25, 0.3) is 0 Å². The average molecular weight is 331 g/mol. The zero-order chi connectivity index (χ0) is 16.5. The predicted molar refractivity (Wildman–Crippen MR) is 101 cm³/mol. The van der Waals surface area contributed by atoms with Crippen molar-refractivity contribution in [3.8, 4) is 0 Å². The Labute approximate surface area is 141 Å². The molecule has 0 saturated heterocycles. The van der Waals surface area contributed by atoms with Gasteiger partial charge < -0.3 is 9.59 Å². The standard InChI is InChI=1S/C19H42O2Si/c1-3-4-5-6-7-8-9-10-11-12-13-14-15-16-17-18-19(2)22(20)21/h19-22H,3-18H2,1-2H3. The van der Waals surface area contributed by atoms with E-state index >= 15 is 0 Å². The van der Waals surface area contributed by atoms with Gasteiger partial charge in [0, 0.05) is 0 Å². The van der Waals surface area contributed by atoms with Crippen molar-refractivity contribution in [2.24, 2.45) is 0 Å². The van der Waals surface area contributed by atoms with Gasteiger partial charge in [0.15, 0.2) is 0 Å². The van der Waals surface area contributed by atoms with E-state index in [1.165, 1.54) is 96.3 Å². The summed E-state index contributed by atoms with van der Waals surface area (Å²) in [5, 5.41) is 0. The monoisotopic (exact) mass is 330 g/mol. The normalized spacial score (nSPS) is 13.0. The van der Waals surface area contributed by atoms with Crippen LogP contribution in [-0.4, -0.2) is 18.9 Å². The molecule has 1 atom stereocenters. The molecule has 0 bridgehead atoms. The molecule has 3 heteroatoms. The van der Waals surface area contributed by atoms with Crippen LogP contribution in [0.4, 0.5) is 0 Å². The molecule has 0 aliphatic rings. The molecule has 0 aromatic rings. The van der Waals surface area contributed by atoms with Crippen LogP contribution in [0, 0.1) is 0 Å². The first-order chi connectivity index (χ1) is 10.7. The van der Waals surface area contributed by atoms with Gasteiger partial charge in [0.25, 0.3) is 0 Å². The second kappa shape index (κ2) is 17.5. The highest BCUT2D eigenvalue weighted by molar-refractivity contribution is 6.42. The Morgan fingerprint density at radius 1 is 0.591 bits per heavy atom. The third-order valence-corrected chi connectivity index (χ3v) is 6.12. The zero-order valence-corrected chi connectivity index (χ0v) is 16.5. The van der Waals surface area contributed by atoms with E-state index < -0.39 is 9.28 Å². The second-order valence-electron chi connectivity index (χ2n) is 7.13. The molecule has 0 radical (unpaired) electrons. The van der Waals surface area contributed by atoms with Crippen molar-refractivity contribution in [2.45, 2.75) is 122 Å². The molecule has 0 aliphatic carbocycles. The minimum absolute atomic E-state index is 0.168. The molecule has 0 aliphatic heterocycles. The Morgan fingerprint density at radius 2 is 0.909 bits per heavy atom. The second-order valence-corrected chi connectivity index (χ2v) is 9.09. The highest BCUT2D eigenvalue weighted by atomic mass is 28.3. The molecular formula is C19H42O2Si. The van der Waals surface area contributed by atoms with Gasteiger partial charge in [-0.25, -0.2) is 0 Å². The van der Waals surface area contributed by atoms with Crippen molar-refractivity contribution >= 4 is 9.28 Å². The summed E-state index contributed by atoms with van der Waals surface area (Å²) in [5.41, 5.74) is 0.168. The number of rotatable bonds is 17. The molecule has 0 heterocycles. The van der Waals surface area contributed by atoms with Gasteiger partial charge in [-0.3, -0.25) is 0 Å². The van der Waals surface area contributed by atoms with Crippen molar-refractivity contribution in [1.82, 2.24) is 0 Å². The van der Waals surface area contributed by atoms with Gasteiger partial charge in [0.2, 0.25) is 0 Å². The van der Waals surface area contributed by atoms with Gasteiger partial charge in [0.05, 0.1) is 0 Å². The molecule has 0 spiro atoms. The van der Waals surface area contributed by atoms with Gasteiger partial charge in [-0.1, -0.05) is 110 Å². The smallest absolute Gasteiger partial charge is 0.318 e. The van der Waals surface area contributed by atoms with Crippen molar-refractivity contribution in [3.63, 3.8) is 0 Å². The lowest BCUT2D eigenvalue weighted by molar-refractivity contribution is 0.380. The van der Waals surface area contributed by atoms with E-state index in [9.17, 15) is 0 Å². The maximum atomic E-state index is 9.13. The first kappa shape index (κ1) is 22.1. The van der Waals surface area contributed by atoms with Crippen molar-refractivity contribution in [1.29, 1.82) is 0 Å². The third-order valence-electron chi connectivity index (χ3n) is 4.77. The highest BCUT2D eigenvalue weighted by Gasteiger charge is 2.12. The molecule has 2 N–H and O–H groups in total. The summed E-state index contributed by atoms with van der Waals surface area (Å²) in [5.74, 6) is 0. The summed E-state index contributed by atoms with van der Waals surface area (Å²) in [7, 11) is -2.36. The molecule has 134 valence electrons. The molecule has 2 nitrogen and oxygen atoms in total.